The van der Waals surface area contributed by atoms with Crippen LogP contribution in [-0.4, -0.2) is 66.3 Å². The Kier molecular flexibility index (Phi) is 6.29. The summed E-state index contributed by atoms with van der Waals surface area (Å²) in [5.41, 5.74) is 1.71. The Morgan fingerprint density at radius 2 is 2.00 bits per heavy atom. The van der Waals surface area contributed by atoms with Crippen molar-refractivity contribution in [2.75, 3.05) is 38.3 Å². The fourth-order valence-corrected chi connectivity index (χ4v) is 4.19. The molecule has 0 aliphatic carbocycles. The number of likely N-dealkylation sites (N-methyl/N-ethyl adjacent to an activating group) is 1. The molecule has 8 nitrogen and oxygen atoms in total. The SMILES string of the molecule is CC(C)OCCN1C(=O)C(=O)/C(=C(\O)c2ccc3c(c2)N(C)CCO3)C1c1cccc(O)c1. The number of aliphatic hydroxyl groups is 1. The molecule has 0 aromatic heterocycles. The average Bonchev–Trinajstić information content (AvgIpc) is 3.03. The van der Waals surface area contributed by atoms with Crippen LogP contribution in [0.5, 0.6) is 11.5 Å². The van der Waals surface area contributed by atoms with Crippen LogP contribution in [0.1, 0.15) is 31.0 Å². The largest absolute Gasteiger partial charge is 0.508 e. The van der Waals surface area contributed by atoms with Gasteiger partial charge in [-0.15, -0.1) is 0 Å². The Hall–Kier alpha value is -3.52. The van der Waals surface area contributed by atoms with Crippen LogP contribution in [0.15, 0.2) is 48.0 Å². The van der Waals surface area contributed by atoms with Crippen molar-refractivity contribution in [1.29, 1.82) is 0 Å². The first-order valence-electron chi connectivity index (χ1n) is 10.9. The van der Waals surface area contributed by atoms with Crippen molar-refractivity contribution in [1.82, 2.24) is 4.90 Å². The average molecular weight is 453 g/mol. The van der Waals surface area contributed by atoms with Crippen LogP contribution in [-0.2, 0) is 14.3 Å². The third-order valence-electron chi connectivity index (χ3n) is 5.84. The summed E-state index contributed by atoms with van der Waals surface area (Å²) in [6.07, 6.45) is -0.0317. The van der Waals surface area contributed by atoms with Crippen LogP contribution in [0.4, 0.5) is 5.69 Å². The Morgan fingerprint density at radius 1 is 1.21 bits per heavy atom. The molecule has 33 heavy (non-hydrogen) atoms. The maximum atomic E-state index is 13.1. The highest BCUT2D eigenvalue weighted by Crippen LogP contribution is 2.41. The second-order valence-electron chi connectivity index (χ2n) is 8.46. The number of Topliss-reactive ketones (excluding diaryl/α,β-unsaturated/α-hetero) is 1. The van der Waals surface area contributed by atoms with Crippen LogP contribution >= 0.6 is 0 Å². The molecule has 2 aliphatic heterocycles. The van der Waals surface area contributed by atoms with E-state index >= 15 is 0 Å². The van der Waals surface area contributed by atoms with Crippen LogP contribution in [0.25, 0.3) is 5.76 Å². The number of rotatable bonds is 6. The summed E-state index contributed by atoms with van der Waals surface area (Å²) in [6.45, 7) is 5.44. The molecule has 2 aromatic carbocycles. The molecule has 1 atom stereocenters. The monoisotopic (exact) mass is 452 g/mol. The minimum atomic E-state index is -0.849. The van der Waals surface area contributed by atoms with Gasteiger partial charge in [0, 0.05) is 19.2 Å². The van der Waals surface area contributed by atoms with Crippen molar-refractivity contribution in [3.05, 3.63) is 59.2 Å². The van der Waals surface area contributed by atoms with Gasteiger partial charge in [-0.3, -0.25) is 9.59 Å². The summed E-state index contributed by atoms with van der Waals surface area (Å²) in [5, 5.41) is 21.3. The number of carbonyl (C=O) groups excluding carboxylic acids is 2. The summed E-state index contributed by atoms with van der Waals surface area (Å²) in [7, 11) is 1.92. The van der Waals surface area contributed by atoms with E-state index in [-0.39, 0.29) is 36.3 Å². The fraction of sp³-hybridized carbons (Fsp3) is 0.360. The van der Waals surface area contributed by atoms with Gasteiger partial charge in [0.25, 0.3) is 11.7 Å². The number of benzene rings is 2. The van der Waals surface area contributed by atoms with Crippen molar-refractivity contribution in [2.24, 2.45) is 0 Å². The van der Waals surface area contributed by atoms with Crippen molar-refractivity contribution >= 4 is 23.1 Å². The fourth-order valence-electron chi connectivity index (χ4n) is 4.19. The predicted molar refractivity (Wildman–Crippen MR) is 123 cm³/mol. The van der Waals surface area contributed by atoms with E-state index in [1.165, 1.54) is 17.0 Å². The number of carbonyl (C=O) groups is 2. The lowest BCUT2D eigenvalue weighted by Gasteiger charge is -2.28. The van der Waals surface area contributed by atoms with E-state index in [9.17, 15) is 19.8 Å². The van der Waals surface area contributed by atoms with Crippen LogP contribution in [0, 0.1) is 0 Å². The third-order valence-corrected chi connectivity index (χ3v) is 5.84. The normalized spacial score (nSPS) is 19.7. The lowest BCUT2D eigenvalue weighted by Crippen LogP contribution is -2.33. The number of fused-ring (bicyclic) bond motifs is 1. The molecule has 4 rings (SSSR count). The van der Waals surface area contributed by atoms with E-state index < -0.39 is 17.7 Å². The predicted octanol–water partition coefficient (Wildman–Crippen LogP) is 3.07. The van der Waals surface area contributed by atoms with Gasteiger partial charge in [0.15, 0.2) is 0 Å². The number of likely N-dealkylation sites (tertiary alicyclic amines) is 1. The Labute approximate surface area is 192 Å². The second kappa shape index (κ2) is 9.15. The van der Waals surface area contributed by atoms with E-state index in [0.717, 1.165) is 5.69 Å². The number of hydrogen-bond acceptors (Lipinski definition) is 7. The number of anilines is 1. The van der Waals surface area contributed by atoms with E-state index in [2.05, 4.69) is 0 Å². The summed E-state index contributed by atoms with van der Waals surface area (Å²) < 4.78 is 11.3. The molecule has 1 unspecified atom stereocenters. The van der Waals surface area contributed by atoms with Gasteiger partial charge in [-0.25, -0.2) is 0 Å². The Bertz CT molecular complexity index is 1110. The first kappa shape index (κ1) is 22.7. The highest BCUT2D eigenvalue weighted by Gasteiger charge is 2.46. The minimum Gasteiger partial charge on any atom is -0.508 e. The first-order valence-corrected chi connectivity index (χ1v) is 10.9. The molecular weight excluding hydrogens is 424 g/mol. The zero-order valence-corrected chi connectivity index (χ0v) is 18.9. The molecule has 1 amide bonds. The van der Waals surface area contributed by atoms with E-state index in [0.29, 0.717) is 30.0 Å². The molecule has 0 radical (unpaired) electrons. The summed E-state index contributed by atoms with van der Waals surface area (Å²) in [6, 6.07) is 10.7. The number of amides is 1. The number of hydrogen-bond donors (Lipinski definition) is 2. The number of nitrogens with zero attached hydrogens (tertiary/aromatic N) is 2. The molecular formula is C25H28N2O6. The number of phenols is 1. The maximum Gasteiger partial charge on any atom is 0.295 e. The molecule has 2 aromatic rings. The van der Waals surface area contributed by atoms with Gasteiger partial charge in [0.2, 0.25) is 0 Å². The quantitative estimate of drug-likeness (QED) is 0.395. The third kappa shape index (κ3) is 4.39. The zero-order valence-electron chi connectivity index (χ0n) is 18.9. The smallest absolute Gasteiger partial charge is 0.295 e. The molecule has 1 saturated heterocycles. The number of ketones is 1. The molecule has 0 spiro atoms. The molecule has 1 fully saturated rings. The lowest BCUT2D eigenvalue weighted by molar-refractivity contribution is -0.140. The minimum absolute atomic E-state index is 0.00377. The van der Waals surface area contributed by atoms with Crippen LogP contribution in [0.2, 0.25) is 0 Å². The van der Waals surface area contributed by atoms with E-state index in [1.807, 2.05) is 25.8 Å². The van der Waals surface area contributed by atoms with Crippen molar-refractivity contribution < 1.29 is 29.3 Å². The molecule has 0 saturated carbocycles. The van der Waals surface area contributed by atoms with Gasteiger partial charge in [0.05, 0.1) is 36.6 Å². The Morgan fingerprint density at radius 3 is 2.73 bits per heavy atom. The van der Waals surface area contributed by atoms with Crippen molar-refractivity contribution in [3.63, 3.8) is 0 Å². The van der Waals surface area contributed by atoms with Crippen LogP contribution < -0.4 is 9.64 Å². The molecule has 8 heteroatoms. The van der Waals surface area contributed by atoms with E-state index in [1.54, 1.807) is 30.3 Å². The lowest BCUT2D eigenvalue weighted by atomic mass is 9.95. The van der Waals surface area contributed by atoms with Gasteiger partial charge < -0.3 is 29.5 Å². The topological polar surface area (TPSA) is 99.5 Å². The number of phenolic OH excluding ortho intramolecular Hbond substituents is 1. The maximum absolute atomic E-state index is 13.1. The summed E-state index contributed by atoms with van der Waals surface area (Å²) >= 11 is 0. The molecule has 2 N–H and O–H groups in total. The summed E-state index contributed by atoms with van der Waals surface area (Å²) in [5.74, 6) is -1.06. The van der Waals surface area contributed by atoms with Crippen LogP contribution in [0.3, 0.4) is 0 Å². The highest BCUT2D eigenvalue weighted by atomic mass is 16.5. The molecule has 2 heterocycles. The Balaban J connectivity index is 1.80. The highest BCUT2D eigenvalue weighted by molar-refractivity contribution is 6.46. The van der Waals surface area contributed by atoms with Crippen molar-refractivity contribution in [3.8, 4) is 11.5 Å². The zero-order chi connectivity index (χ0) is 23.7. The summed E-state index contributed by atoms with van der Waals surface area (Å²) in [4.78, 5) is 29.5. The van der Waals surface area contributed by atoms with Gasteiger partial charge >= 0.3 is 0 Å². The van der Waals surface area contributed by atoms with Gasteiger partial charge in [-0.2, -0.15) is 0 Å². The first-order chi connectivity index (χ1) is 15.8. The van der Waals surface area contributed by atoms with Gasteiger partial charge in [-0.1, -0.05) is 12.1 Å². The standard InChI is InChI=1S/C25H28N2O6/c1-15(2)32-12-10-27-22(16-5-4-6-18(28)13-16)21(24(30)25(27)31)23(29)17-7-8-20-19(14-17)26(3)9-11-33-20/h4-8,13-15,22,28-29H,9-12H2,1-3H3/b23-21-. The molecule has 0 bridgehead atoms. The molecule has 174 valence electrons. The number of ether oxygens (including phenoxy) is 2. The van der Waals surface area contributed by atoms with Gasteiger partial charge in [0.1, 0.15) is 23.9 Å². The second-order valence-corrected chi connectivity index (χ2v) is 8.46. The number of aliphatic hydroxyl groups excluding tert-OH is 1. The van der Waals surface area contributed by atoms with Crippen molar-refractivity contribution in [2.45, 2.75) is 26.0 Å². The number of aromatic hydroxyl groups is 1. The molecule has 2 aliphatic rings. The van der Waals surface area contributed by atoms with E-state index in [4.69, 9.17) is 9.47 Å². The van der Waals surface area contributed by atoms with Gasteiger partial charge in [-0.05, 0) is 49.7 Å².